The predicted octanol–water partition coefficient (Wildman–Crippen LogP) is 5.29. The molecule has 0 radical (unpaired) electrons. The van der Waals surface area contributed by atoms with Crippen LogP contribution in [0.1, 0.15) is 46.5 Å². The van der Waals surface area contributed by atoms with Gasteiger partial charge in [-0.1, -0.05) is 23.7 Å². The van der Waals surface area contributed by atoms with E-state index in [4.69, 9.17) is 16.0 Å². The first-order valence-corrected chi connectivity index (χ1v) is 12.1. The molecule has 1 aliphatic rings. The van der Waals surface area contributed by atoms with Gasteiger partial charge in [0.1, 0.15) is 0 Å². The molecule has 4 rings (SSSR count). The molecule has 0 spiro atoms. The smallest absolute Gasteiger partial charge is 0.249 e. The second-order valence-corrected chi connectivity index (χ2v) is 10.5. The minimum atomic E-state index is -3.74. The third kappa shape index (κ3) is 3.90. The highest BCUT2D eigenvalue weighted by molar-refractivity contribution is 7.89. The van der Waals surface area contributed by atoms with Crippen LogP contribution < -0.4 is 0 Å². The van der Waals surface area contributed by atoms with Gasteiger partial charge in [0.05, 0.1) is 22.0 Å². The lowest BCUT2D eigenvalue weighted by Gasteiger charge is -2.25. The Morgan fingerprint density at radius 2 is 1.55 bits per heavy atom. The number of benzene rings is 2. The van der Waals surface area contributed by atoms with Gasteiger partial charge < -0.3 is 4.42 Å². The maximum Gasteiger partial charge on any atom is 0.249 e. The van der Waals surface area contributed by atoms with E-state index in [1.54, 1.807) is 12.1 Å². The van der Waals surface area contributed by atoms with Crippen molar-refractivity contribution < 1.29 is 12.8 Å². The van der Waals surface area contributed by atoms with Gasteiger partial charge in [0, 0.05) is 6.04 Å². The number of halogens is 1. The highest BCUT2D eigenvalue weighted by Gasteiger charge is 2.41. The Labute approximate surface area is 188 Å². The first kappa shape index (κ1) is 22.0. The standard InChI is InChI=1S/C23H26ClN3O3S/c1-13-14(2)16(4)22(17(5)15(13)3)31(28,29)27(18-10-11-18)12-21-25-26-23(30-21)19-8-6-7-9-20(19)24/h6-9,18H,10-12H2,1-5H3. The van der Waals surface area contributed by atoms with E-state index in [1.165, 1.54) is 4.31 Å². The molecule has 1 heterocycles. The van der Waals surface area contributed by atoms with Gasteiger partial charge in [0.2, 0.25) is 21.8 Å². The largest absolute Gasteiger partial charge is 0.419 e. The van der Waals surface area contributed by atoms with Crippen LogP contribution in [-0.4, -0.2) is 29.0 Å². The second-order valence-electron chi connectivity index (χ2n) is 8.22. The van der Waals surface area contributed by atoms with Crippen molar-refractivity contribution in [2.24, 2.45) is 0 Å². The molecule has 0 saturated heterocycles. The Kier molecular flexibility index (Phi) is 5.70. The quantitative estimate of drug-likeness (QED) is 0.500. The van der Waals surface area contributed by atoms with Gasteiger partial charge in [-0.25, -0.2) is 8.42 Å². The number of hydrogen-bond donors (Lipinski definition) is 0. The van der Waals surface area contributed by atoms with E-state index in [2.05, 4.69) is 10.2 Å². The van der Waals surface area contributed by atoms with E-state index < -0.39 is 10.0 Å². The van der Waals surface area contributed by atoms with Crippen molar-refractivity contribution in [2.45, 2.75) is 64.9 Å². The first-order chi connectivity index (χ1) is 14.6. The lowest BCUT2D eigenvalue weighted by Crippen LogP contribution is -2.34. The number of sulfonamides is 1. The summed E-state index contributed by atoms with van der Waals surface area (Å²) in [5.74, 6) is 0.532. The van der Waals surface area contributed by atoms with Crippen LogP contribution in [0.4, 0.5) is 0 Å². The number of aromatic nitrogens is 2. The molecule has 2 aromatic carbocycles. The maximum absolute atomic E-state index is 13.8. The van der Waals surface area contributed by atoms with Crippen LogP contribution in [0.25, 0.3) is 11.5 Å². The molecule has 164 valence electrons. The highest BCUT2D eigenvalue weighted by atomic mass is 35.5. The zero-order chi connectivity index (χ0) is 22.5. The first-order valence-electron chi connectivity index (χ1n) is 10.3. The van der Waals surface area contributed by atoms with E-state index in [1.807, 2.05) is 46.8 Å². The van der Waals surface area contributed by atoms with Gasteiger partial charge in [-0.3, -0.25) is 0 Å². The van der Waals surface area contributed by atoms with Crippen LogP contribution in [0, 0.1) is 34.6 Å². The topological polar surface area (TPSA) is 76.3 Å². The van der Waals surface area contributed by atoms with Crippen molar-refractivity contribution >= 4 is 21.6 Å². The molecule has 1 fully saturated rings. The fourth-order valence-corrected chi connectivity index (χ4v) is 6.35. The summed E-state index contributed by atoms with van der Waals surface area (Å²) in [6.45, 7) is 9.80. The van der Waals surface area contributed by atoms with Crippen molar-refractivity contribution in [3.05, 3.63) is 63.0 Å². The van der Waals surface area contributed by atoms with Crippen LogP contribution >= 0.6 is 11.6 Å². The zero-order valence-electron chi connectivity index (χ0n) is 18.4. The molecule has 0 unspecified atom stereocenters. The summed E-state index contributed by atoms with van der Waals surface area (Å²) in [4.78, 5) is 0.394. The summed E-state index contributed by atoms with van der Waals surface area (Å²) < 4.78 is 35.0. The lowest BCUT2D eigenvalue weighted by atomic mass is 9.95. The van der Waals surface area contributed by atoms with Gasteiger partial charge >= 0.3 is 0 Å². The predicted molar refractivity (Wildman–Crippen MR) is 121 cm³/mol. The molecule has 1 aliphatic carbocycles. The van der Waals surface area contributed by atoms with Crippen LogP contribution in [0.3, 0.4) is 0 Å². The normalized spacial score (nSPS) is 14.4. The minimum Gasteiger partial charge on any atom is -0.419 e. The second kappa shape index (κ2) is 8.04. The van der Waals surface area contributed by atoms with Crippen molar-refractivity contribution in [3.63, 3.8) is 0 Å². The Hall–Kier alpha value is -2.22. The van der Waals surface area contributed by atoms with E-state index in [0.29, 0.717) is 15.5 Å². The number of rotatable bonds is 6. The van der Waals surface area contributed by atoms with Gasteiger partial charge in [0.15, 0.2) is 0 Å². The van der Waals surface area contributed by atoms with E-state index >= 15 is 0 Å². The van der Waals surface area contributed by atoms with Crippen LogP contribution in [-0.2, 0) is 16.6 Å². The monoisotopic (exact) mass is 459 g/mol. The average molecular weight is 460 g/mol. The molecule has 6 nitrogen and oxygen atoms in total. The van der Waals surface area contributed by atoms with E-state index in [9.17, 15) is 8.42 Å². The van der Waals surface area contributed by atoms with Crippen molar-refractivity contribution in [2.75, 3.05) is 0 Å². The fourth-order valence-electron chi connectivity index (χ4n) is 3.94. The fraction of sp³-hybridized carbons (Fsp3) is 0.391. The van der Waals surface area contributed by atoms with Crippen molar-refractivity contribution in [3.8, 4) is 11.5 Å². The molecule has 1 saturated carbocycles. The van der Waals surface area contributed by atoms with Gasteiger partial charge in [-0.2, -0.15) is 4.31 Å². The Balaban J connectivity index is 1.72. The van der Waals surface area contributed by atoms with Crippen LogP contribution in [0.2, 0.25) is 5.02 Å². The Morgan fingerprint density at radius 3 is 2.13 bits per heavy atom. The average Bonchev–Trinajstić information content (AvgIpc) is 3.46. The summed E-state index contributed by atoms with van der Waals surface area (Å²) in [5, 5.41) is 8.69. The molecular weight excluding hydrogens is 434 g/mol. The van der Waals surface area contributed by atoms with Crippen LogP contribution in [0.15, 0.2) is 33.6 Å². The molecule has 8 heteroatoms. The summed E-state index contributed by atoms with van der Waals surface area (Å²) in [5.41, 5.74) is 5.38. The summed E-state index contributed by atoms with van der Waals surface area (Å²) >= 11 is 6.23. The Bertz CT molecular complexity index is 1230. The van der Waals surface area contributed by atoms with E-state index in [-0.39, 0.29) is 24.4 Å². The third-order valence-electron chi connectivity index (χ3n) is 6.31. The summed E-state index contributed by atoms with van der Waals surface area (Å²) in [7, 11) is -3.74. The lowest BCUT2D eigenvalue weighted by molar-refractivity contribution is 0.350. The molecule has 31 heavy (non-hydrogen) atoms. The van der Waals surface area contributed by atoms with E-state index in [0.717, 1.165) is 40.7 Å². The Morgan fingerprint density at radius 1 is 0.968 bits per heavy atom. The van der Waals surface area contributed by atoms with Crippen molar-refractivity contribution in [1.82, 2.24) is 14.5 Å². The number of hydrogen-bond acceptors (Lipinski definition) is 5. The van der Waals surface area contributed by atoms with Crippen molar-refractivity contribution in [1.29, 1.82) is 0 Å². The summed E-state index contributed by atoms with van der Waals surface area (Å²) in [6, 6.07) is 7.14. The molecular formula is C23H26ClN3O3S. The molecule has 0 bridgehead atoms. The van der Waals surface area contributed by atoms with Gasteiger partial charge in [-0.15, -0.1) is 10.2 Å². The van der Waals surface area contributed by atoms with Crippen LogP contribution in [0.5, 0.6) is 0 Å². The highest BCUT2D eigenvalue weighted by Crippen LogP contribution is 2.38. The molecule has 0 atom stereocenters. The molecule has 0 amide bonds. The SMILES string of the molecule is Cc1c(C)c(C)c(S(=O)(=O)N(Cc2nnc(-c3ccccc3Cl)o2)C2CC2)c(C)c1C. The zero-order valence-corrected chi connectivity index (χ0v) is 19.9. The molecule has 0 N–H and O–H groups in total. The maximum atomic E-state index is 13.8. The van der Waals surface area contributed by atoms with Gasteiger partial charge in [-0.05, 0) is 87.4 Å². The third-order valence-corrected chi connectivity index (χ3v) is 8.82. The summed E-state index contributed by atoms with van der Waals surface area (Å²) in [6.07, 6.45) is 1.65. The molecule has 3 aromatic rings. The molecule has 0 aliphatic heterocycles. The van der Waals surface area contributed by atoms with Gasteiger partial charge in [0.25, 0.3) is 0 Å². The molecule has 1 aromatic heterocycles. The number of nitrogens with zero attached hydrogens (tertiary/aromatic N) is 3. The minimum absolute atomic E-state index is 0.0370.